The smallest absolute Gasteiger partial charge is 0.119 e. The molecular formula is C13H20O4. The molecule has 0 heterocycles. The van der Waals surface area contributed by atoms with Crippen LogP contribution in [0.2, 0.25) is 0 Å². The van der Waals surface area contributed by atoms with Crippen molar-refractivity contribution in [2.75, 3.05) is 20.3 Å². The predicted molar refractivity (Wildman–Crippen MR) is 65.1 cm³/mol. The van der Waals surface area contributed by atoms with Gasteiger partial charge < -0.3 is 19.7 Å². The van der Waals surface area contributed by atoms with Crippen molar-refractivity contribution in [2.24, 2.45) is 0 Å². The molecule has 4 heteroatoms. The highest BCUT2D eigenvalue weighted by Gasteiger charge is 2.06. The van der Waals surface area contributed by atoms with Gasteiger partial charge in [0.25, 0.3) is 0 Å². The van der Waals surface area contributed by atoms with Crippen molar-refractivity contribution in [3.63, 3.8) is 0 Å². The van der Waals surface area contributed by atoms with Crippen molar-refractivity contribution < 1.29 is 19.7 Å². The van der Waals surface area contributed by atoms with Gasteiger partial charge in [0.15, 0.2) is 0 Å². The lowest BCUT2D eigenvalue weighted by atomic mass is 10.1. The minimum atomic E-state index is -0.624. The quantitative estimate of drug-likeness (QED) is 0.758. The van der Waals surface area contributed by atoms with Crippen molar-refractivity contribution in [1.29, 1.82) is 0 Å². The third kappa shape index (κ3) is 4.73. The zero-order valence-corrected chi connectivity index (χ0v) is 10.3. The summed E-state index contributed by atoms with van der Waals surface area (Å²) in [6.07, 6.45) is -0.365. The van der Waals surface area contributed by atoms with Crippen LogP contribution in [0.25, 0.3) is 0 Å². The summed E-state index contributed by atoms with van der Waals surface area (Å²) in [7, 11) is 1.53. The number of hydrogen-bond donors (Lipinski definition) is 2. The normalized spacial score (nSPS) is 14.4. The predicted octanol–water partition coefficient (Wildman–Crippen LogP) is 1.52. The Balaban J connectivity index is 2.45. The van der Waals surface area contributed by atoms with Crippen LogP contribution < -0.4 is 4.74 Å². The summed E-state index contributed by atoms with van der Waals surface area (Å²) in [5.41, 5.74) is 0.872. The highest BCUT2D eigenvalue weighted by molar-refractivity contribution is 5.28. The Bertz CT molecular complexity index is 310. The molecule has 0 bridgehead atoms. The Morgan fingerprint density at radius 3 is 2.29 bits per heavy atom. The number of ether oxygens (including phenoxy) is 2. The monoisotopic (exact) mass is 240 g/mol. The summed E-state index contributed by atoms with van der Waals surface area (Å²) in [6.45, 7) is 2.38. The molecule has 4 nitrogen and oxygen atoms in total. The Morgan fingerprint density at radius 1 is 1.12 bits per heavy atom. The molecule has 2 N–H and O–H groups in total. The maximum Gasteiger partial charge on any atom is 0.119 e. The molecule has 2 atom stereocenters. The van der Waals surface area contributed by atoms with E-state index in [9.17, 15) is 10.2 Å². The van der Waals surface area contributed by atoms with Crippen LogP contribution in [0.15, 0.2) is 24.3 Å². The molecule has 0 aliphatic carbocycles. The number of aliphatic hydroxyl groups excluding tert-OH is 2. The lowest BCUT2D eigenvalue weighted by Gasteiger charge is -2.12. The van der Waals surface area contributed by atoms with Crippen LogP contribution in [-0.2, 0) is 4.74 Å². The Kier molecular flexibility index (Phi) is 5.97. The third-order valence-electron chi connectivity index (χ3n) is 2.45. The van der Waals surface area contributed by atoms with Crippen LogP contribution in [0, 0.1) is 0 Å². The van der Waals surface area contributed by atoms with Gasteiger partial charge in [0.2, 0.25) is 0 Å². The minimum absolute atomic E-state index is 0.198. The molecule has 0 aromatic heterocycles. The van der Waals surface area contributed by atoms with E-state index in [2.05, 4.69) is 0 Å². The summed E-state index contributed by atoms with van der Waals surface area (Å²) in [4.78, 5) is 0. The molecule has 96 valence electrons. The molecule has 0 fully saturated rings. The van der Waals surface area contributed by atoms with Crippen LogP contribution in [0.3, 0.4) is 0 Å². The van der Waals surface area contributed by atoms with Gasteiger partial charge in [0.1, 0.15) is 18.5 Å². The van der Waals surface area contributed by atoms with E-state index in [0.717, 1.165) is 5.56 Å². The standard InChI is InChI=1S/C13H20O4/c1-3-13(15)10-4-6-12(7-5-10)17-9-11(14)8-16-2/h4-7,11,13-15H,3,8-9H2,1-2H3. The first-order chi connectivity index (χ1) is 8.17. The van der Waals surface area contributed by atoms with E-state index in [1.54, 1.807) is 12.1 Å². The van der Waals surface area contributed by atoms with Gasteiger partial charge in [-0.3, -0.25) is 0 Å². The van der Waals surface area contributed by atoms with E-state index in [1.807, 2.05) is 19.1 Å². The molecule has 0 saturated heterocycles. The number of methoxy groups -OCH3 is 1. The largest absolute Gasteiger partial charge is 0.491 e. The molecule has 2 unspecified atom stereocenters. The zero-order valence-electron chi connectivity index (χ0n) is 10.3. The van der Waals surface area contributed by atoms with Gasteiger partial charge in [0, 0.05) is 7.11 Å². The number of rotatable bonds is 7. The van der Waals surface area contributed by atoms with Gasteiger partial charge in [-0.05, 0) is 24.1 Å². The summed E-state index contributed by atoms with van der Waals surface area (Å²) in [5.74, 6) is 0.673. The third-order valence-corrected chi connectivity index (χ3v) is 2.45. The Hall–Kier alpha value is -1.10. The summed E-state index contributed by atoms with van der Waals surface area (Å²) >= 11 is 0. The molecule has 1 aromatic rings. The molecular weight excluding hydrogens is 220 g/mol. The highest BCUT2D eigenvalue weighted by Crippen LogP contribution is 2.19. The average molecular weight is 240 g/mol. The van der Waals surface area contributed by atoms with Crippen molar-refractivity contribution in [1.82, 2.24) is 0 Å². The Morgan fingerprint density at radius 2 is 1.76 bits per heavy atom. The number of benzene rings is 1. The van der Waals surface area contributed by atoms with Gasteiger partial charge in [0.05, 0.1) is 12.7 Å². The maximum absolute atomic E-state index is 9.61. The van der Waals surface area contributed by atoms with Gasteiger partial charge in [-0.1, -0.05) is 19.1 Å². The molecule has 0 radical (unpaired) electrons. The minimum Gasteiger partial charge on any atom is -0.491 e. The first-order valence-electron chi connectivity index (χ1n) is 5.75. The lowest BCUT2D eigenvalue weighted by molar-refractivity contribution is 0.0325. The fraction of sp³-hybridized carbons (Fsp3) is 0.538. The van der Waals surface area contributed by atoms with E-state index < -0.39 is 12.2 Å². The van der Waals surface area contributed by atoms with E-state index >= 15 is 0 Å². The van der Waals surface area contributed by atoms with Crippen molar-refractivity contribution in [3.8, 4) is 5.75 Å². The second-order valence-electron chi connectivity index (χ2n) is 3.91. The van der Waals surface area contributed by atoms with Crippen LogP contribution >= 0.6 is 0 Å². The van der Waals surface area contributed by atoms with E-state index in [1.165, 1.54) is 7.11 Å². The van der Waals surface area contributed by atoms with Crippen LogP contribution in [0.4, 0.5) is 0 Å². The fourth-order valence-electron chi connectivity index (χ4n) is 1.45. The van der Waals surface area contributed by atoms with E-state index in [-0.39, 0.29) is 13.2 Å². The topological polar surface area (TPSA) is 58.9 Å². The van der Waals surface area contributed by atoms with E-state index in [4.69, 9.17) is 9.47 Å². The molecule has 0 aliphatic rings. The SMILES string of the molecule is CCC(O)c1ccc(OCC(O)COC)cc1. The second-order valence-corrected chi connectivity index (χ2v) is 3.91. The van der Waals surface area contributed by atoms with Gasteiger partial charge >= 0.3 is 0 Å². The summed E-state index contributed by atoms with van der Waals surface area (Å²) in [5, 5.41) is 19.0. The molecule has 17 heavy (non-hydrogen) atoms. The van der Waals surface area contributed by atoms with Crippen LogP contribution in [-0.4, -0.2) is 36.6 Å². The second kappa shape index (κ2) is 7.27. The van der Waals surface area contributed by atoms with Gasteiger partial charge in [-0.25, -0.2) is 0 Å². The fourth-order valence-corrected chi connectivity index (χ4v) is 1.45. The number of aliphatic hydroxyl groups is 2. The summed E-state index contributed by atoms with van der Waals surface area (Å²) in [6, 6.07) is 7.22. The van der Waals surface area contributed by atoms with Gasteiger partial charge in [-0.15, -0.1) is 0 Å². The van der Waals surface area contributed by atoms with Crippen molar-refractivity contribution >= 4 is 0 Å². The Labute approximate surface area is 102 Å². The molecule has 0 spiro atoms. The lowest BCUT2D eigenvalue weighted by Crippen LogP contribution is -2.22. The van der Waals surface area contributed by atoms with Crippen LogP contribution in [0.5, 0.6) is 5.75 Å². The molecule has 1 aromatic carbocycles. The molecule has 0 aliphatic heterocycles. The van der Waals surface area contributed by atoms with Crippen LogP contribution in [0.1, 0.15) is 25.0 Å². The van der Waals surface area contributed by atoms with Crippen molar-refractivity contribution in [3.05, 3.63) is 29.8 Å². The molecule has 1 rings (SSSR count). The summed E-state index contributed by atoms with van der Waals surface area (Å²) < 4.78 is 10.2. The molecule has 0 saturated carbocycles. The molecule has 0 amide bonds. The van der Waals surface area contributed by atoms with E-state index in [0.29, 0.717) is 12.2 Å². The zero-order chi connectivity index (χ0) is 12.7. The maximum atomic E-state index is 9.61. The average Bonchev–Trinajstić information content (AvgIpc) is 2.36. The highest BCUT2D eigenvalue weighted by atomic mass is 16.5. The first-order valence-corrected chi connectivity index (χ1v) is 5.75. The first kappa shape index (κ1) is 14.0. The number of hydrogen-bond acceptors (Lipinski definition) is 4. The van der Waals surface area contributed by atoms with Crippen molar-refractivity contribution in [2.45, 2.75) is 25.6 Å². The van der Waals surface area contributed by atoms with Gasteiger partial charge in [-0.2, -0.15) is 0 Å².